The second-order valence-corrected chi connectivity index (χ2v) is 6.37. The molecule has 0 amide bonds. The first-order valence-electron chi connectivity index (χ1n) is 6.10. The summed E-state index contributed by atoms with van der Waals surface area (Å²) >= 11 is 3.21. The number of benzene rings is 1. The van der Waals surface area contributed by atoms with Gasteiger partial charge >= 0.3 is 5.97 Å². The summed E-state index contributed by atoms with van der Waals surface area (Å²) in [5.41, 5.74) is -0.232. The Bertz CT molecular complexity index is 720. The number of aromatic nitrogens is 2. The van der Waals surface area contributed by atoms with Crippen LogP contribution in [0.5, 0.6) is 0 Å². The van der Waals surface area contributed by atoms with Crippen molar-refractivity contribution in [2.45, 2.75) is 26.2 Å². The second-order valence-electron chi connectivity index (χ2n) is 5.57. The molecular formula is C14H13BrF2N2O2. The van der Waals surface area contributed by atoms with Crippen molar-refractivity contribution in [2.24, 2.45) is 0 Å². The number of aromatic carboxylic acids is 1. The molecule has 0 unspecified atom stereocenters. The lowest BCUT2D eigenvalue weighted by atomic mass is 9.91. The van der Waals surface area contributed by atoms with E-state index in [2.05, 4.69) is 21.0 Å². The van der Waals surface area contributed by atoms with E-state index in [0.717, 1.165) is 12.1 Å². The molecule has 1 aromatic heterocycles. The van der Waals surface area contributed by atoms with Crippen LogP contribution < -0.4 is 0 Å². The van der Waals surface area contributed by atoms with Crippen LogP contribution in [0.15, 0.2) is 22.7 Å². The van der Waals surface area contributed by atoms with E-state index in [4.69, 9.17) is 5.11 Å². The molecule has 7 heteroatoms. The fourth-order valence-corrected chi connectivity index (χ4v) is 3.02. The van der Waals surface area contributed by atoms with Crippen LogP contribution in [0.3, 0.4) is 0 Å². The van der Waals surface area contributed by atoms with E-state index in [1.165, 1.54) is 10.7 Å². The fraction of sp³-hybridized carbons (Fsp3) is 0.286. The minimum atomic E-state index is -1.23. The highest BCUT2D eigenvalue weighted by molar-refractivity contribution is 9.10. The van der Waals surface area contributed by atoms with Gasteiger partial charge in [-0.05, 0) is 28.1 Å². The van der Waals surface area contributed by atoms with Gasteiger partial charge in [0.1, 0.15) is 11.5 Å². The van der Waals surface area contributed by atoms with Gasteiger partial charge in [0.2, 0.25) is 0 Å². The summed E-state index contributed by atoms with van der Waals surface area (Å²) in [6.45, 7) is 5.54. The molecule has 0 bridgehead atoms. The molecular weight excluding hydrogens is 346 g/mol. The highest BCUT2D eigenvalue weighted by Crippen LogP contribution is 2.34. The van der Waals surface area contributed by atoms with Gasteiger partial charge in [0.25, 0.3) is 0 Å². The van der Waals surface area contributed by atoms with Crippen LogP contribution in [-0.4, -0.2) is 20.9 Å². The normalized spacial score (nSPS) is 11.7. The topological polar surface area (TPSA) is 55.1 Å². The molecule has 0 saturated heterocycles. The molecule has 21 heavy (non-hydrogen) atoms. The number of rotatable bonds is 2. The molecule has 0 spiro atoms. The number of halogens is 3. The van der Waals surface area contributed by atoms with Gasteiger partial charge in [0.05, 0.1) is 10.2 Å². The van der Waals surface area contributed by atoms with E-state index in [9.17, 15) is 13.6 Å². The highest BCUT2D eigenvalue weighted by atomic mass is 79.9. The zero-order chi connectivity index (χ0) is 15.9. The maximum atomic E-state index is 14.0. The number of hydrogen-bond donors (Lipinski definition) is 1. The number of carbonyl (C=O) groups is 1. The van der Waals surface area contributed by atoms with Gasteiger partial charge in [-0.2, -0.15) is 5.10 Å². The van der Waals surface area contributed by atoms with E-state index in [0.29, 0.717) is 5.69 Å². The average molecular weight is 359 g/mol. The third-order valence-electron chi connectivity index (χ3n) is 2.88. The molecule has 0 aliphatic heterocycles. The third-order valence-corrected chi connectivity index (χ3v) is 3.63. The third kappa shape index (κ3) is 2.83. The molecule has 0 saturated carbocycles. The van der Waals surface area contributed by atoms with Crippen LogP contribution in [0, 0.1) is 11.6 Å². The molecule has 2 rings (SSSR count). The fourth-order valence-electron chi connectivity index (χ4n) is 2.01. The van der Waals surface area contributed by atoms with Crippen LogP contribution in [0.25, 0.3) is 5.69 Å². The smallest absolute Gasteiger partial charge is 0.357 e. The van der Waals surface area contributed by atoms with Gasteiger partial charge in [-0.3, -0.25) is 0 Å². The van der Waals surface area contributed by atoms with Crippen molar-refractivity contribution in [3.63, 3.8) is 0 Å². The number of nitrogens with zero attached hydrogens (tertiary/aromatic N) is 2. The van der Waals surface area contributed by atoms with Crippen molar-refractivity contribution in [2.75, 3.05) is 0 Å². The lowest BCUT2D eigenvalue weighted by Gasteiger charge is -2.21. The molecule has 1 aromatic carbocycles. The first kappa shape index (κ1) is 15.6. The predicted octanol–water partition coefficient (Wildman–Crippen LogP) is 3.91. The Hall–Kier alpha value is -1.76. The Morgan fingerprint density at radius 2 is 1.95 bits per heavy atom. The van der Waals surface area contributed by atoms with E-state index >= 15 is 0 Å². The Morgan fingerprint density at radius 1 is 1.33 bits per heavy atom. The minimum Gasteiger partial charge on any atom is -0.476 e. The highest BCUT2D eigenvalue weighted by Gasteiger charge is 2.30. The summed E-state index contributed by atoms with van der Waals surface area (Å²) in [6.07, 6.45) is 0. The molecule has 0 fully saturated rings. The molecule has 0 aliphatic carbocycles. The maximum absolute atomic E-state index is 14.0. The van der Waals surface area contributed by atoms with E-state index in [-0.39, 0.29) is 15.9 Å². The summed E-state index contributed by atoms with van der Waals surface area (Å²) in [6, 6.07) is 3.06. The first-order valence-corrected chi connectivity index (χ1v) is 6.90. The average Bonchev–Trinajstić information content (AvgIpc) is 2.66. The van der Waals surface area contributed by atoms with Gasteiger partial charge in [0.15, 0.2) is 11.5 Å². The van der Waals surface area contributed by atoms with E-state index in [1.807, 2.05) is 20.8 Å². The van der Waals surface area contributed by atoms with Crippen molar-refractivity contribution in [1.29, 1.82) is 0 Å². The van der Waals surface area contributed by atoms with Crippen LogP contribution in [0.1, 0.15) is 37.0 Å². The van der Waals surface area contributed by atoms with Crippen molar-refractivity contribution in [3.05, 3.63) is 45.7 Å². The second kappa shape index (κ2) is 5.22. The number of hydrogen-bond acceptors (Lipinski definition) is 2. The van der Waals surface area contributed by atoms with Crippen LogP contribution in [-0.2, 0) is 5.41 Å². The summed E-state index contributed by atoms with van der Waals surface area (Å²) < 4.78 is 28.5. The van der Waals surface area contributed by atoms with Crippen molar-refractivity contribution in [3.8, 4) is 5.69 Å². The first-order chi connectivity index (χ1) is 9.62. The Balaban J connectivity index is 2.79. The predicted molar refractivity (Wildman–Crippen MR) is 76.8 cm³/mol. The molecule has 112 valence electrons. The zero-order valence-corrected chi connectivity index (χ0v) is 13.2. The van der Waals surface area contributed by atoms with Crippen LogP contribution in [0.2, 0.25) is 0 Å². The quantitative estimate of drug-likeness (QED) is 0.885. The van der Waals surface area contributed by atoms with Crippen molar-refractivity contribution < 1.29 is 18.7 Å². The molecule has 0 radical (unpaired) electrons. The van der Waals surface area contributed by atoms with Gasteiger partial charge < -0.3 is 5.11 Å². The van der Waals surface area contributed by atoms with Gasteiger partial charge in [0, 0.05) is 11.5 Å². The largest absolute Gasteiger partial charge is 0.476 e. The molecule has 4 nitrogen and oxygen atoms in total. The van der Waals surface area contributed by atoms with Gasteiger partial charge in [-0.25, -0.2) is 18.3 Å². The summed E-state index contributed by atoms with van der Waals surface area (Å²) in [4.78, 5) is 11.2. The molecule has 2 aromatic rings. The number of carboxylic acids is 1. The van der Waals surface area contributed by atoms with E-state index < -0.39 is 23.0 Å². The molecule has 0 aliphatic rings. The standard InChI is InChI=1S/C14H13BrF2N2O2/c1-14(2,3)12-10(15)11(13(20)21)18-19(12)9-5-4-7(16)6-8(9)17/h4-6H,1-3H3,(H,20,21). The molecule has 0 atom stereocenters. The van der Waals surface area contributed by atoms with E-state index in [1.54, 1.807) is 0 Å². The summed E-state index contributed by atoms with van der Waals surface area (Å²) in [7, 11) is 0. The Morgan fingerprint density at radius 3 is 2.43 bits per heavy atom. The SMILES string of the molecule is CC(C)(C)c1c(Br)c(C(=O)O)nn1-c1ccc(F)cc1F. The number of carboxylic acid groups (broad SMARTS) is 1. The summed E-state index contributed by atoms with van der Waals surface area (Å²) in [5, 5.41) is 13.1. The monoisotopic (exact) mass is 358 g/mol. The van der Waals surface area contributed by atoms with Crippen molar-refractivity contribution >= 4 is 21.9 Å². The van der Waals surface area contributed by atoms with Crippen LogP contribution >= 0.6 is 15.9 Å². The summed E-state index contributed by atoms with van der Waals surface area (Å²) in [5.74, 6) is -2.75. The molecule has 1 heterocycles. The van der Waals surface area contributed by atoms with Crippen LogP contribution in [0.4, 0.5) is 8.78 Å². The van der Waals surface area contributed by atoms with Gasteiger partial charge in [-0.1, -0.05) is 20.8 Å². The Kier molecular flexibility index (Phi) is 3.88. The van der Waals surface area contributed by atoms with Crippen molar-refractivity contribution in [1.82, 2.24) is 9.78 Å². The van der Waals surface area contributed by atoms with Gasteiger partial charge in [-0.15, -0.1) is 0 Å². The maximum Gasteiger partial charge on any atom is 0.357 e. The minimum absolute atomic E-state index is 0.00507. The lowest BCUT2D eigenvalue weighted by molar-refractivity contribution is 0.0689. The zero-order valence-electron chi connectivity index (χ0n) is 11.6. The molecule has 1 N–H and O–H groups in total. The lowest BCUT2D eigenvalue weighted by Crippen LogP contribution is -2.18. The Labute approximate surface area is 128 Å².